The molecule has 1 heterocycles. The number of fused-ring (bicyclic) bond motifs is 1. The van der Waals surface area contributed by atoms with E-state index in [1.807, 2.05) is 24.3 Å². The first-order valence-corrected chi connectivity index (χ1v) is 7.74. The van der Waals surface area contributed by atoms with Crippen LogP contribution in [0.25, 0.3) is 10.9 Å². The highest BCUT2D eigenvalue weighted by molar-refractivity contribution is 5.92. The fraction of sp³-hybridized carbons (Fsp3) is 0.471. The van der Waals surface area contributed by atoms with Crippen molar-refractivity contribution < 1.29 is 0 Å². The van der Waals surface area contributed by atoms with Gasteiger partial charge in [-0.15, -0.1) is 10.2 Å². The van der Waals surface area contributed by atoms with Crippen LogP contribution in [0.2, 0.25) is 0 Å². The van der Waals surface area contributed by atoms with E-state index >= 15 is 0 Å². The Morgan fingerprint density at radius 1 is 1.19 bits per heavy atom. The molecule has 0 bridgehead atoms. The van der Waals surface area contributed by atoms with Gasteiger partial charge in [-0.2, -0.15) is 5.26 Å². The first-order chi connectivity index (χ1) is 10.3. The Labute approximate surface area is 125 Å². The zero-order valence-electron chi connectivity index (χ0n) is 12.3. The minimum Gasteiger partial charge on any atom is -0.379 e. The van der Waals surface area contributed by atoms with Crippen molar-refractivity contribution in [1.29, 1.82) is 5.26 Å². The number of anilines is 1. The summed E-state index contributed by atoms with van der Waals surface area (Å²) in [6.45, 7) is 2.27. The van der Waals surface area contributed by atoms with Crippen LogP contribution in [0.1, 0.15) is 44.7 Å². The van der Waals surface area contributed by atoms with E-state index < -0.39 is 0 Å². The second kappa shape index (κ2) is 6.09. The van der Waals surface area contributed by atoms with Crippen molar-refractivity contribution in [3.05, 3.63) is 30.0 Å². The lowest BCUT2D eigenvalue weighted by Crippen LogP contribution is -2.26. The number of nitriles is 1. The quantitative estimate of drug-likeness (QED) is 0.926. The smallest absolute Gasteiger partial charge is 0.186 e. The van der Waals surface area contributed by atoms with Crippen LogP contribution in [0.5, 0.6) is 0 Å². The molecule has 4 nitrogen and oxygen atoms in total. The molecule has 108 valence electrons. The molecular weight excluding hydrogens is 260 g/mol. The predicted octanol–water partition coefficient (Wildman–Crippen LogP) is 3.88. The summed E-state index contributed by atoms with van der Waals surface area (Å²) in [6.07, 6.45) is 6.15. The van der Waals surface area contributed by atoms with Gasteiger partial charge in [-0.25, -0.2) is 0 Å². The van der Waals surface area contributed by atoms with E-state index in [1.165, 1.54) is 32.1 Å². The van der Waals surface area contributed by atoms with Gasteiger partial charge < -0.3 is 5.32 Å². The van der Waals surface area contributed by atoms with E-state index in [0.29, 0.717) is 11.7 Å². The minimum absolute atomic E-state index is 0.395. The van der Waals surface area contributed by atoms with E-state index in [0.717, 1.165) is 22.5 Å². The number of hydrogen-bond acceptors (Lipinski definition) is 4. The summed E-state index contributed by atoms with van der Waals surface area (Å²) in [6, 6.07) is 10.5. The minimum atomic E-state index is 0.395. The maximum atomic E-state index is 9.29. The Morgan fingerprint density at radius 2 is 1.95 bits per heavy atom. The summed E-state index contributed by atoms with van der Waals surface area (Å²) in [5.41, 5.74) is 2.08. The highest BCUT2D eigenvalue weighted by Crippen LogP contribution is 2.31. The third-order valence-corrected chi connectivity index (χ3v) is 4.55. The van der Waals surface area contributed by atoms with Crippen LogP contribution in [0.3, 0.4) is 0 Å². The van der Waals surface area contributed by atoms with Crippen LogP contribution >= 0.6 is 0 Å². The van der Waals surface area contributed by atoms with Gasteiger partial charge in [-0.1, -0.05) is 31.5 Å². The van der Waals surface area contributed by atoms with Crippen LogP contribution in [0.15, 0.2) is 24.3 Å². The molecule has 1 N–H and O–H groups in total. The molecule has 1 aliphatic rings. The van der Waals surface area contributed by atoms with Crippen molar-refractivity contribution in [2.45, 2.75) is 45.1 Å². The summed E-state index contributed by atoms with van der Waals surface area (Å²) >= 11 is 0. The molecule has 0 saturated heterocycles. The summed E-state index contributed by atoms with van der Waals surface area (Å²) in [5, 5.41) is 22.0. The van der Waals surface area contributed by atoms with Gasteiger partial charge in [0.1, 0.15) is 6.07 Å². The molecule has 1 aromatic carbocycles. The molecule has 4 heteroatoms. The normalized spacial score (nSPS) is 21.9. The third-order valence-electron chi connectivity index (χ3n) is 4.55. The Morgan fingerprint density at radius 3 is 2.67 bits per heavy atom. The molecular formula is C17H20N4. The van der Waals surface area contributed by atoms with Gasteiger partial charge in [0.15, 0.2) is 5.69 Å². The lowest BCUT2D eigenvalue weighted by atomic mass is 9.84. The fourth-order valence-corrected chi connectivity index (χ4v) is 3.20. The van der Waals surface area contributed by atoms with Crippen molar-refractivity contribution in [3.8, 4) is 6.07 Å². The molecule has 0 aliphatic heterocycles. The number of rotatable bonds is 3. The monoisotopic (exact) mass is 280 g/mol. The molecule has 0 atom stereocenters. The first kappa shape index (κ1) is 13.8. The second-order valence-corrected chi connectivity index (χ2v) is 5.82. The highest BCUT2D eigenvalue weighted by atomic mass is 15.1. The van der Waals surface area contributed by atoms with Crippen LogP contribution < -0.4 is 5.32 Å². The Balaban J connectivity index is 1.88. The Bertz CT molecular complexity index is 666. The molecule has 1 fully saturated rings. The van der Waals surface area contributed by atoms with Crippen LogP contribution in [0, 0.1) is 17.2 Å². The zero-order chi connectivity index (χ0) is 14.7. The number of nitrogens with zero attached hydrogens (tertiary/aromatic N) is 3. The highest BCUT2D eigenvalue weighted by Gasteiger charge is 2.21. The number of aromatic nitrogens is 2. The Hall–Kier alpha value is -2.15. The van der Waals surface area contributed by atoms with Crippen molar-refractivity contribution in [1.82, 2.24) is 10.2 Å². The van der Waals surface area contributed by atoms with Crippen molar-refractivity contribution in [2.24, 2.45) is 5.92 Å². The SMILES string of the molecule is CCC1CCC(Nc2c(C#N)nnc3ccccc23)CC1. The first-order valence-electron chi connectivity index (χ1n) is 7.74. The molecule has 2 aromatic rings. The van der Waals surface area contributed by atoms with Gasteiger partial charge >= 0.3 is 0 Å². The van der Waals surface area contributed by atoms with E-state index in [9.17, 15) is 5.26 Å². The maximum absolute atomic E-state index is 9.29. The van der Waals surface area contributed by atoms with Gasteiger partial charge in [-0.05, 0) is 37.7 Å². The van der Waals surface area contributed by atoms with Gasteiger partial charge in [0.25, 0.3) is 0 Å². The van der Waals surface area contributed by atoms with Crippen LogP contribution in [-0.2, 0) is 0 Å². The molecule has 1 aliphatic carbocycles. The predicted molar refractivity (Wildman–Crippen MR) is 83.9 cm³/mol. The van der Waals surface area contributed by atoms with Gasteiger partial charge in [0, 0.05) is 11.4 Å². The van der Waals surface area contributed by atoms with Crippen molar-refractivity contribution >= 4 is 16.6 Å². The molecule has 3 rings (SSSR count). The maximum Gasteiger partial charge on any atom is 0.186 e. The summed E-state index contributed by atoms with van der Waals surface area (Å²) in [7, 11) is 0. The van der Waals surface area contributed by atoms with Gasteiger partial charge in [0.2, 0.25) is 0 Å². The lowest BCUT2D eigenvalue weighted by Gasteiger charge is -2.29. The largest absolute Gasteiger partial charge is 0.379 e. The Kier molecular flexibility index (Phi) is 4.01. The number of benzene rings is 1. The van der Waals surface area contributed by atoms with Gasteiger partial charge in [-0.3, -0.25) is 0 Å². The third kappa shape index (κ3) is 2.82. The van der Waals surface area contributed by atoms with Crippen LogP contribution in [0.4, 0.5) is 5.69 Å². The van der Waals surface area contributed by atoms with E-state index in [4.69, 9.17) is 0 Å². The summed E-state index contributed by atoms with van der Waals surface area (Å²) < 4.78 is 0. The lowest BCUT2D eigenvalue weighted by molar-refractivity contribution is 0.330. The van der Waals surface area contributed by atoms with Gasteiger partial charge in [0.05, 0.1) is 11.2 Å². The summed E-state index contributed by atoms with van der Waals surface area (Å²) in [4.78, 5) is 0. The average Bonchev–Trinajstić information content (AvgIpc) is 2.56. The van der Waals surface area contributed by atoms with Crippen LogP contribution in [-0.4, -0.2) is 16.2 Å². The molecule has 21 heavy (non-hydrogen) atoms. The van der Waals surface area contributed by atoms with E-state index in [-0.39, 0.29) is 0 Å². The number of hydrogen-bond donors (Lipinski definition) is 1. The molecule has 0 unspecified atom stereocenters. The molecule has 0 amide bonds. The van der Waals surface area contributed by atoms with Crippen molar-refractivity contribution in [3.63, 3.8) is 0 Å². The van der Waals surface area contributed by atoms with E-state index in [2.05, 4.69) is 28.5 Å². The number of nitrogens with one attached hydrogen (secondary N) is 1. The molecule has 1 aromatic heterocycles. The average molecular weight is 280 g/mol. The molecule has 1 saturated carbocycles. The second-order valence-electron chi connectivity index (χ2n) is 5.82. The van der Waals surface area contributed by atoms with E-state index in [1.54, 1.807) is 0 Å². The zero-order valence-corrected chi connectivity index (χ0v) is 12.3. The standard InChI is InChI=1S/C17H20N4/c1-2-12-7-9-13(10-8-12)19-17-14-5-3-4-6-15(14)20-21-16(17)11-18/h3-6,12-13H,2,7-10H2,1H3,(H,19,20). The molecule has 0 spiro atoms. The fourth-order valence-electron chi connectivity index (χ4n) is 3.20. The van der Waals surface area contributed by atoms with Crippen molar-refractivity contribution in [2.75, 3.05) is 5.32 Å². The summed E-state index contributed by atoms with van der Waals surface area (Å²) in [5.74, 6) is 0.866. The topological polar surface area (TPSA) is 61.6 Å². The molecule has 0 radical (unpaired) electrons.